The third kappa shape index (κ3) is 5.80. The standard InChI is InChI=1S/C15H26N4O5/c1-3-8(2)12(15(23)24)19-14(22)10(7-11(16)20)18-13(21)9-5-4-6-17-9/h8-10,12,17H,3-7H2,1-2H3,(H2,16,20)(H,18,21)(H,19,22)(H,23,24). The third-order valence-electron chi connectivity index (χ3n) is 4.19. The van der Waals surface area contributed by atoms with Crippen molar-refractivity contribution in [2.24, 2.45) is 11.7 Å². The van der Waals surface area contributed by atoms with Crippen molar-refractivity contribution in [3.05, 3.63) is 0 Å². The molecule has 0 aromatic heterocycles. The van der Waals surface area contributed by atoms with E-state index in [0.29, 0.717) is 19.4 Å². The van der Waals surface area contributed by atoms with E-state index in [0.717, 1.165) is 6.42 Å². The molecule has 3 amide bonds. The van der Waals surface area contributed by atoms with Crippen molar-refractivity contribution < 1.29 is 24.3 Å². The van der Waals surface area contributed by atoms with E-state index in [4.69, 9.17) is 5.73 Å². The number of aliphatic carboxylic acids is 1. The Labute approximate surface area is 140 Å². The second-order valence-electron chi connectivity index (χ2n) is 6.09. The summed E-state index contributed by atoms with van der Waals surface area (Å²) in [5.74, 6) is -3.35. The summed E-state index contributed by atoms with van der Waals surface area (Å²) in [6, 6.07) is -2.71. The van der Waals surface area contributed by atoms with Crippen LogP contribution in [0.25, 0.3) is 0 Å². The molecule has 0 aromatic carbocycles. The van der Waals surface area contributed by atoms with Gasteiger partial charge in [-0.15, -0.1) is 0 Å². The predicted molar refractivity (Wildman–Crippen MR) is 85.8 cm³/mol. The van der Waals surface area contributed by atoms with E-state index in [9.17, 15) is 24.3 Å². The number of carbonyl (C=O) groups excluding carboxylic acids is 3. The van der Waals surface area contributed by atoms with E-state index in [2.05, 4.69) is 16.0 Å². The van der Waals surface area contributed by atoms with Gasteiger partial charge in [-0.2, -0.15) is 0 Å². The highest BCUT2D eigenvalue weighted by Crippen LogP contribution is 2.09. The molecule has 1 saturated heterocycles. The van der Waals surface area contributed by atoms with Crippen molar-refractivity contribution in [2.45, 2.75) is 57.7 Å². The molecular weight excluding hydrogens is 316 g/mol. The van der Waals surface area contributed by atoms with Gasteiger partial charge in [0.25, 0.3) is 0 Å². The van der Waals surface area contributed by atoms with Gasteiger partial charge in [0.15, 0.2) is 0 Å². The van der Waals surface area contributed by atoms with Crippen molar-refractivity contribution in [1.82, 2.24) is 16.0 Å². The average molecular weight is 342 g/mol. The largest absolute Gasteiger partial charge is 0.480 e. The number of hydrogen-bond donors (Lipinski definition) is 5. The van der Waals surface area contributed by atoms with E-state index < -0.39 is 48.2 Å². The van der Waals surface area contributed by atoms with Crippen LogP contribution in [0.2, 0.25) is 0 Å². The quantitative estimate of drug-likeness (QED) is 0.352. The summed E-state index contributed by atoms with van der Waals surface area (Å²) in [5.41, 5.74) is 5.13. The van der Waals surface area contributed by atoms with Crippen molar-refractivity contribution in [2.75, 3.05) is 6.54 Å². The molecule has 6 N–H and O–H groups in total. The molecule has 0 radical (unpaired) electrons. The van der Waals surface area contributed by atoms with Crippen molar-refractivity contribution >= 4 is 23.7 Å². The fraction of sp³-hybridized carbons (Fsp3) is 0.733. The van der Waals surface area contributed by atoms with Crippen LogP contribution in [0, 0.1) is 5.92 Å². The van der Waals surface area contributed by atoms with Crippen LogP contribution in [-0.4, -0.2) is 53.5 Å². The lowest BCUT2D eigenvalue weighted by Crippen LogP contribution is -2.56. The first-order chi connectivity index (χ1) is 11.3. The molecule has 9 heteroatoms. The van der Waals surface area contributed by atoms with E-state index in [1.807, 2.05) is 0 Å². The molecule has 1 fully saturated rings. The molecule has 24 heavy (non-hydrogen) atoms. The van der Waals surface area contributed by atoms with Gasteiger partial charge < -0.3 is 26.8 Å². The van der Waals surface area contributed by atoms with Crippen LogP contribution < -0.4 is 21.7 Å². The normalized spacial score (nSPS) is 20.7. The molecule has 0 aromatic rings. The molecule has 1 rings (SSSR count). The van der Waals surface area contributed by atoms with Gasteiger partial charge in [0.2, 0.25) is 17.7 Å². The number of primary amides is 1. The number of nitrogens with one attached hydrogen (secondary N) is 3. The highest BCUT2D eigenvalue weighted by molar-refractivity contribution is 5.94. The lowest BCUT2D eigenvalue weighted by atomic mass is 9.98. The van der Waals surface area contributed by atoms with Gasteiger partial charge >= 0.3 is 5.97 Å². The molecule has 0 bridgehead atoms. The second kappa shape index (κ2) is 9.21. The average Bonchev–Trinajstić information content (AvgIpc) is 3.04. The lowest BCUT2D eigenvalue weighted by Gasteiger charge is -2.24. The van der Waals surface area contributed by atoms with E-state index >= 15 is 0 Å². The number of amides is 3. The molecule has 0 aliphatic carbocycles. The smallest absolute Gasteiger partial charge is 0.326 e. The Morgan fingerprint density at radius 1 is 1.29 bits per heavy atom. The Balaban J connectivity index is 2.77. The molecule has 1 aliphatic rings. The number of carbonyl (C=O) groups is 4. The predicted octanol–water partition coefficient (Wildman–Crippen LogP) is -1.29. The summed E-state index contributed by atoms with van der Waals surface area (Å²) < 4.78 is 0. The Morgan fingerprint density at radius 2 is 1.96 bits per heavy atom. The van der Waals surface area contributed by atoms with Crippen LogP contribution in [0.5, 0.6) is 0 Å². The van der Waals surface area contributed by atoms with E-state index in [1.165, 1.54) is 0 Å². The van der Waals surface area contributed by atoms with Gasteiger partial charge in [-0.3, -0.25) is 14.4 Å². The fourth-order valence-corrected chi connectivity index (χ4v) is 2.53. The second-order valence-corrected chi connectivity index (χ2v) is 6.09. The molecule has 4 atom stereocenters. The van der Waals surface area contributed by atoms with Crippen molar-refractivity contribution in [3.63, 3.8) is 0 Å². The zero-order valence-electron chi connectivity index (χ0n) is 14.0. The number of carboxylic acids is 1. The summed E-state index contributed by atoms with van der Waals surface area (Å²) in [7, 11) is 0. The van der Waals surface area contributed by atoms with Gasteiger partial charge in [-0.25, -0.2) is 4.79 Å². The number of carboxylic acid groups (broad SMARTS) is 1. The van der Waals surface area contributed by atoms with Gasteiger partial charge in [0.05, 0.1) is 12.5 Å². The minimum Gasteiger partial charge on any atom is -0.480 e. The monoisotopic (exact) mass is 342 g/mol. The van der Waals surface area contributed by atoms with Crippen LogP contribution in [0.15, 0.2) is 0 Å². The van der Waals surface area contributed by atoms with E-state index in [1.54, 1.807) is 13.8 Å². The lowest BCUT2D eigenvalue weighted by molar-refractivity contribution is -0.143. The minimum absolute atomic E-state index is 0.298. The maximum atomic E-state index is 12.3. The Hall–Kier alpha value is -2.16. The van der Waals surface area contributed by atoms with Gasteiger partial charge in [-0.1, -0.05) is 20.3 Å². The Morgan fingerprint density at radius 3 is 2.42 bits per heavy atom. The van der Waals surface area contributed by atoms with Crippen LogP contribution in [0.3, 0.4) is 0 Å². The van der Waals surface area contributed by atoms with Crippen molar-refractivity contribution in [3.8, 4) is 0 Å². The summed E-state index contributed by atoms with van der Waals surface area (Å²) in [4.78, 5) is 47.0. The maximum absolute atomic E-state index is 12.3. The van der Waals surface area contributed by atoms with Crippen LogP contribution in [0.1, 0.15) is 39.5 Å². The van der Waals surface area contributed by atoms with E-state index in [-0.39, 0.29) is 5.92 Å². The van der Waals surface area contributed by atoms with Crippen molar-refractivity contribution in [1.29, 1.82) is 0 Å². The first kappa shape index (κ1) is 19.9. The summed E-state index contributed by atoms with van der Waals surface area (Å²) in [6.45, 7) is 4.21. The molecular formula is C15H26N4O5. The van der Waals surface area contributed by atoms with Gasteiger partial charge in [0.1, 0.15) is 12.1 Å². The molecule has 0 spiro atoms. The SMILES string of the molecule is CCC(C)C(NC(=O)C(CC(N)=O)NC(=O)C1CCCN1)C(=O)O. The number of nitrogens with two attached hydrogens (primary N) is 1. The number of rotatable bonds is 9. The van der Waals surface area contributed by atoms with Gasteiger partial charge in [-0.05, 0) is 25.3 Å². The highest BCUT2D eigenvalue weighted by atomic mass is 16.4. The molecule has 4 unspecified atom stereocenters. The van der Waals surface area contributed by atoms with Gasteiger partial charge in [0, 0.05) is 0 Å². The van der Waals surface area contributed by atoms with Crippen LogP contribution in [-0.2, 0) is 19.2 Å². The summed E-state index contributed by atoms with van der Waals surface area (Å²) >= 11 is 0. The van der Waals surface area contributed by atoms with Crippen LogP contribution in [0.4, 0.5) is 0 Å². The molecule has 9 nitrogen and oxygen atoms in total. The Kier molecular flexibility index (Phi) is 7.63. The zero-order valence-corrected chi connectivity index (χ0v) is 14.0. The zero-order chi connectivity index (χ0) is 18.3. The highest BCUT2D eigenvalue weighted by Gasteiger charge is 2.32. The molecule has 1 aliphatic heterocycles. The number of hydrogen-bond acceptors (Lipinski definition) is 5. The Bertz CT molecular complexity index is 490. The minimum atomic E-state index is -1.19. The first-order valence-electron chi connectivity index (χ1n) is 8.11. The topological polar surface area (TPSA) is 151 Å². The summed E-state index contributed by atoms with van der Waals surface area (Å²) in [6.07, 6.45) is 1.65. The molecule has 0 saturated carbocycles. The first-order valence-corrected chi connectivity index (χ1v) is 8.11. The third-order valence-corrected chi connectivity index (χ3v) is 4.19. The van der Waals surface area contributed by atoms with Crippen LogP contribution >= 0.6 is 0 Å². The maximum Gasteiger partial charge on any atom is 0.326 e. The molecule has 136 valence electrons. The fourth-order valence-electron chi connectivity index (χ4n) is 2.53. The summed E-state index contributed by atoms with van der Waals surface area (Å²) in [5, 5.41) is 17.1. The molecule has 1 heterocycles.